The van der Waals surface area contributed by atoms with Gasteiger partial charge in [0.25, 0.3) is 5.91 Å². The van der Waals surface area contributed by atoms with Gasteiger partial charge in [-0.15, -0.1) is 0 Å². The van der Waals surface area contributed by atoms with Gasteiger partial charge in [-0.3, -0.25) is 4.79 Å². The molecule has 1 aromatic heterocycles. The first kappa shape index (κ1) is 13.1. The molecule has 2 rings (SSSR count). The molecule has 6 heteroatoms. The third kappa shape index (κ3) is 2.91. The largest absolute Gasteiger partial charge is 0.337 e. The predicted molar refractivity (Wildman–Crippen MR) is 71.4 cm³/mol. The van der Waals surface area contributed by atoms with Crippen molar-refractivity contribution >= 4 is 23.3 Å². The summed E-state index contributed by atoms with van der Waals surface area (Å²) < 4.78 is 0. The lowest BCUT2D eigenvalue weighted by molar-refractivity contribution is 0.0756. The topological polar surface area (TPSA) is 71.2 Å². The highest BCUT2D eigenvalue weighted by Gasteiger charge is 2.21. The highest BCUT2D eigenvalue weighted by molar-refractivity contribution is 6.33. The Hall–Kier alpha value is -1.33. The van der Waals surface area contributed by atoms with Crippen LogP contribution in [0.15, 0.2) is 12.1 Å². The first-order valence-corrected chi connectivity index (χ1v) is 6.52. The second-order valence-corrected chi connectivity index (χ2v) is 4.78. The minimum absolute atomic E-state index is 0.112. The number of nitrogens with zero attached hydrogens (tertiary/aromatic N) is 2. The zero-order valence-electron chi connectivity index (χ0n) is 10.2. The van der Waals surface area contributed by atoms with Crippen molar-refractivity contribution in [3.05, 3.63) is 22.8 Å². The molecule has 18 heavy (non-hydrogen) atoms. The number of amides is 1. The Morgan fingerprint density at radius 2 is 1.94 bits per heavy atom. The van der Waals surface area contributed by atoms with E-state index in [1.54, 1.807) is 12.1 Å². The summed E-state index contributed by atoms with van der Waals surface area (Å²) in [7, 11) is 0. The van der Waals surface area contributed by atoms with Crippen LogP contribution in [-0.2, 0) is 0 Å². The van der Waals surface area contributed by atoms with Gasteiger partial charge >= 0.3 is 0 Å². The van der Waals surface area contributed by atoms with E-state index in [0.29, 0.717) is 10.8 Å². The van der Waals surface area contributed by atoms with Gasteiger partial charge in [-0.25, -0.2) is 10.8 Å². The monoisotopic (exact) mass is 268 g/mol. The molecule has 5 nitrogen and oxygen atoms in total. The molecule has 3 N–H and O–H groups in total. The van der Waals surface area contributed by atoms with Crippen molar-refractivity contribution in [1.82, 2.24) is 9.88 Å². The first-order chi connectivity index (χ1) is 8.72. The van der Waals surface area contributed by atoms with Crippen LogP contribution < -0.4 is 11.3 Å². The maximum atomic E-state index is 12.4. The van der Waals surface area contributed by atoms with Gasteiger partial charge in [0.2, 0.25) is 0 Å². The van der Waals surface area contributed by atoms with Gasteiger partial charge < -0.3 is 10.3 Å². The van der Waals surface area contributed by atoms with Gasteiger partial charge in [0.05, 0.1) is 5.02 Å². The number of hydrogen-bond donors (Lipinski definition) is 2. The fraction of sp³-hybridized carbons (Fsp3) is 0.500. The highest BCUT2D eigenvalue weighted by Crippen LogP contribution is 2.20. The van der Waals surface area contributed by atoms with E-state index in [9.17, 15) is 4.79 Å². The number of aromatic nitrogens is 1. The number of nitrogens with one attached hydrogen (secondary N) is 1. The number of hydrazine groups is 1. The second kappa shape index (κ2) is 6.02. The summed E-state index contributed by atoms with van der Waals surface area (Å²) in [5, 5.41) is 0.364. The maximum absolute atomic E-state index is 12.4. The van der Waals surface area contributed by atoms with E-state index in [1.807, 2.05) is 4.90 Å². The number of carbonyl (C=O) groups is 1. The number of pyridine rings is 1. The molecule has 0 atom stereocenters. The highest BCUT2D eigenvalue weighted by atomic mass is 35.5. The number of halogens is 1. The first-order valence-electron chi connectivity index (χ1n) is 6.15. The Labute approximate surface area is 111 Å². The third-order valence-corrected chi connectivity index (χ3v) is 3.39. The van der Waals surface area contributed by atoms with Crippen LogP contribution in [0.3, 0.4) is 0 Å². The molecule has 1 aliphatic rings. The molecule has 0 radical (unpaired) electrons. The standard InChI is InChI=1S/C12H17ClN4O/c13-9-5-6-10(16-14)15-11(9)12(18)17-7-3-1-2-4-8-17/h5-6H,1-4,7-8,14H2,(H,15,16). The molecular formula is C12H17ClN4O. The SMILES string of the molecule is NNc1ccc(Cl)c(C(=O)N2CCCCCC2)n1. The molecule has 1 aliphatic heterocycles. The molecule has 0 aliphatic carbocycles. The quantitative estimate of drug-likeness (QED) is 0.636. The molecular weight excluding hydrogens is 252 g/mol. The van der Waals surface area contributed by atoms with E-state index in [1.165, 1.54) is 12.8 Å². The molecule has 1 aromatic rings. The third-order valence-electron chi connectivity index (χ3n) is 3.09. The number of nitrogen functional groups attached to an aromatic ring is 1. The van der Waals surface area contributed by atoms with Crippen molar-refractivity contribution in [3.8, 4) is 0 Å². The fourth-order valence-corrected chi connectivity index (χ4v) is 2.28. The summed E-state index contributed by atoms with van der Waals surface area (Å²) >= 11 is 6.03. The van der Waals surface area contributed by atoms with Gasteiger partial charge in [-0.05, 0) is 25.0 Å². The Bertz CT molecular complexity index is 430. The van der Waals surface area contributed by atoms with E-state index in [4.69, 9.17) is 17.4 Å². The summed E-state index contributed by atoms with van der Waals surface area (Å²) in [6, 6.07) is 3.27. The number of nitrogens with two attached hydrogens (primary N) is 1. The molecule has 0 bridgehead atoms. The number of anilines is 1. The lowest BCUT2D eigenvalue weighted by Gasteiger charge is -2.20. The van der Waals surface area contributed by atoms with Crippen LogP contribution in [0.25, 0.3) is 0 Å². The summed E-state index contributed by atoms with van der Waals surface area (Å²) in [5.41, 5.74) is 2.70. The van der Waals surface area contributed by atoms with Gasteiger partial charge in [-0.2, -0.15) is 0 Å². The van der Waals surface area contributed by atoms with Crippen molar-refractivity contribution in [1.29, 1.82) is 0 Å². The fourth-order valence-electron chi connectivity index (χ4n) is 2.10. The Morgan fingerprint density at radius 1 is 1.28 bits per heavy atom. The summed E-state index contributed by atoms with van der Waals surface area (Å²) in [6.07, 6.45) is 4.43. The van der Waals surface area contributed by atoms with Crippen molar-refractivity contribution in [2.24, 2.45) is 5.84 Å². The summed E-state index contributed by atoms with van der Waals surface area (Å²) in [4.78, 5) is 18.3. The molecule has 0 spiro atoms. The van der Waals surface area contributed by atoms with E-state index >= 15 is 0 Å². The summed E-state index contributed by atoms with van der Waals surface area (Å²) in [5.74, 6) is 5.62. The van der Waals surface area contributed by atoms with Crippen LogP contribution in [0.2, 0.25) is 5.02 Å². The van der Waals surface area contributed by atoms with Crippen LogP contribution in [0, 0.1) is 0 Å². The van der Waals surface area contributed by atoms with Crippen LogP contribution in [-0.4, -0.2) is 28.9 Å². The molecule has 2 heterocycles. The maximum Gasteiger partial charge on any atom is 0.274 e. The smallest absolute Gasteiger partial charge is 0.274 e. The van der Waals surface area contributed by atoms with E-state index in [2.05, 4.69) is 10.4 Å². The Balaban J connectivity index is 2.21. The number of rotatable bonds is 2. The molecule has 1 fully saturated rings. The van der Waals surface area contributed by atoms with Gasteiger partial charge in [-0.1, -0.05) is 24.4 Å². The molecule has 0 saturated carbocycles. The van der Waals surface area contributed by atoms with Crippen molar-refractivity contribution in [2.75, 3.05) is 18.5 Å². The lowest BCUT2D eigenvalue weighted by Crippen LogP contribution is -2.32. The van der Waals surface area contributed by atoms with Crippen molar-refractivity contribution in [3.63, 3.8) is 0 Å². The summed E-state index contributed by atoms with van der Waals surface area (Å²) in [6.45, 7) is 1.55. The lowest BCUT2D eigenvalue weighted by atomic mass is 10.2. The van der Waals surface area contributed by atoms with Crippen molar-refractivity contribution in [2.45, 2.75) is 25.7 Å². The van der Waals surface area contributed by atoms with Crippen molar-refractivity contribution < 1.29 is 4.79 Å². The second-order valence-electron chi connectivity index (χ2n) is 4.38. The zero-order chi connectivity index (χ0) is 13.0. The minimum atomic E-state index is -0.112. The van der Waals surface area contributed by atoms with Gasteiger partial charge in [0.15, 0.2) is 0 Å². The predicted octanol–water partition coefficient (Wildman–Crippen LogP) is 2.04. The normalized spacial score (nSPS) is 16.2. The Kier molecular flexibility index (Phi) is 4.38. The minimum Gasteiger partial charge on any atom is -0.337 e. The molecule has 0 unspecified atom stereocenters. The van der Waals surface area contributed by atoms with Gasteiger partial charge in [0.1, 0.15) is 11.5 Å². The zero-order valence-corrected chi connectivity index (χ0v) is 10.9. The van der Waals surface area contributed by atoms with Crippen LogP contribution in [0.5, 0.6) is 0 Å². The number of likely N-dealkylation sites (tertiary alicyclic amines) is 1. The molecule has 1 saturated heterocycles. The number of hydrogen-bond acceptors (Lipinski definition) is 4. The van der Waals surface area contributed by atoms with E-state index < -0.39 is 0 Å². The molecule has 0 aromatic carbocycles. The van der Waals surface area contributed by atoms with E-state index in [0.717, 1.165) is 25.9 Å². The number of carbonyl (C=O) groups excluding carboxylic acids is 1. The van der Waals surface area contributed by atoms with Crippen LogP contribution in [0.1, 0.15) is 36.2 Å². The van der Waals surface area contributed by atoms with Crippen LogP contribution >= 0.6 is 11.6 Å². The Morgan fingerprint density at radius 3 is 2.56 bits per heavy atom. The average molecular weight is 269 g/mol. The average Bonchev–Trinajstić information content (AvgIpc) is 2.67. The molecule has 98 valence electrons. The van der Waals surface area contributed by atoms with Crippen LogP contribution in [0.4, 0.5) is 5.82 Å². The van der Waals surface area contributed by atoms with Gasteiger partial charge in [0, 0.05) is 13.1 Å². The molecule has 1 amide bonds. The van der Waals surface area contributed by atoms with E-state index in [-0.39, 0.29) is 11.6 Å².